The third-order valence-electron chi connectivity index (χ3n) is 2.82. The second-order valence-electron chi connectivity index (χ2n) is 4.05. The van der Waals surface area contributed by atoms with Gasteiger partial charge in [-0.15, -0.1) is 0 Å². The Bertz CT molecular complexity index is 718. The van der Waals surface area contributed by atoms with E-state index in [0.717, 1.165) is 11.3 Å². The molecule has 0 aliphatic carbocycles. The minimum absolute atomic E-state index is 0.557. The average Bonchev–Trinajstić information content (AvgIpc) is 2.96. The van der Waals surface area contributed by atoms with Crippen LogP contribution in [0.5, 0.6) is 0 Å². The van der Waals surface area contributed by atoms with E-state index in [9.17, 15) is 0 Å². The summed E-state index contributed by atoms with van der Waals surface area (Å²) in [4.78, 5) is 4.33. The molecule has 0 aliphatic rings. The molecule has 0 saturated carbocycles. The first-order valence-electron chi connectivity index (χ1n) is 5.66. The number of nitrogen functional groups attached to an aromatic ring is 1. The van der Waals surface area contributed by atoms with Crippen LogP contribution in [0.25, 0.3) is 22.7 Å². The van der Waals surface area contributed by atoms with E-state index in [0.29, 0.717) is 21.9 Å². The highest BCUT2D eigenvalue weighted by Crippen LogP contribution is 2.36. The van der Waals surface area contributed by atoms with Crippen molar-refractivity contribution in [3.63, 3.8) is 0 Å². The summed E-state index contributed by atoms with van der Waals surface area (Å²) in [6.07, 6.45) is 1.73. The van der Waals surface area contributed by atoms with Crippen LogP contribution in [-0.2, 0) is 7.05 Å². The van der Waals surface area contributed by atoms with Crippen LogP contribution in [0.4, 0.5) is 5.82 Å². The van der Waals surface area contributed by atoms with Gasteiger partial charge in [-0.1, -0.05) is 6.07 Å². The Kier molecular flexibility index (Phi) is 2.87. The predicted octanol–water partition coefficient (Wildman–Crippen LogP) is 3.09. The monoisotopic (exact) mass is 318 g/mol. The molecule has 0 aliphatic heterocycles. The first-order valence-corrected chi connectivity index (χ1v) is 6.45. The van der Waals surface area contributed by atoms with Gasteiger partial charge in [-0.3, -0.25) is 9.67 Å². The van der Waals surface area contributed by atoms with Crippen LogP contribution in [-0.4, -0.2) is 14.8 Å². The maximum absolute atomic E-state index is 6.09. The number of halogens is 1. The van der Waals surface area contributed by atoms with Crippen LogP contribution < -0.4 is 5.73 Å². The molecule has 2 N–H and O–H groups in total. The number of nitrogens with two attached hydrogens (primary N) is 1. The van der Waals surface area contributed by atoms with E-state index in [4.69, 9.17) is 10.2 Å². The standard InChI is InChI=1S/C13H11BrN4O/c1-18-13(15)11(8-4-2-3-7-16-8)12(17-18)9-5-6-10(14)19-9/h2-7H,15H2,1H3. The number of furan rings is 1. The van der Waals surface area contributed by atoms with Gasteiger partial charge >= 0.3 is 0 Å². The fourth-order valence-electron chi connectivity index (χ4n) is 1.91. The largest absolute Gasteiger partial charge is 0.448 e. The summed E-state index contributed by atoms with van der Waals surface area (Å²) in [6.45, 7) is 0. The maximum Gasteiger partial charge on any atom is 0.169 e. The second kappa shape index (κ2) is 4.55. The van der Waals surface area contributed by atoms with Gasteiger partial charge in [0.2, 0.25) is 0 Å². The Morgan fingerprint density at radius 3 is 2.74 bits per heavy atom. The van der Waals surface area contributed by atoms with Crippen molar-refractivity contribution in [1.29, 1.82) is 0 Å². The summed E-state index contributed by atoms with van der Waals surface area (Å²) in [6, 6.07) is 9.34. The molecular formula is C13H11BrN4O. The summed E-state index contributed by atoms with van der Waals surface area (Å²) in [5, 5.41) is 4.41. The molecule has 0 atom stereocenters. The molecule has 19 heavy (non-hydrogen) atoms. The summed E-state index contributed by atoms with van der Waals surface area (Å²) in [5.41, 5.74) is 8.33. The predicted molar refractivity (Wildman–Crippen MR) is 76.3 cm³/mol. The van der Waals surface area contributed by atoms with Crippen molar-refractivity contribution in [3.05, 3.63) is 41.2 Å². The Labute approximate surface area is 118 Å². The van der Waals surface area contributed by atoms with Crippen molar-refractivity contribution in [3.8, 4) is 22.7 Å². The first kappa shape index (κ1) is 12.0. The minimum atomic E-state index is 0.557. The van der Waals surface area contributed by atoms with E-state index in [-0.39, 0.29) is 0 Å². The van der Waals surface area contributed by atoms with Crippen LogP contribution in [0.2, 0.25) is 0 Å². The van der Waals surface area contributed by atoms with Gasteiger partial charge in [0.25, 0.3) is 0 Å². The molecule has 0 fully saturated rings. The lowest BCUT2D eigenvalue weighted by molar-refractivity contribution is 0.552. The van der Waals surface area contributed by atoms with E-state index >= 15 is 0 Å². The molecule has 3 aromatic rings. The molecule has 3 heterocycles. The Balaban J connectivity index is 2.24. The molecule has 0 aromatic carbocycles. The molecule has 0 spiro atoms. The zero-order valence-corrected chi connectivity index (χ0v) is 11.8. The number of hydrogen-bond acceptors (Lipinski definition) is 4. The number of aromatic nitrogens is 3. The van der Waals surface area contributed by atoms with Gasteiger partial charge in [-0.25, -0.2) is 0 Å². The lowest BCUT2D eigenvalue weighted by atomic mass is 10.1. The quantitative estimate of drug-likeness (QED) is 0.788. The SMILES string of the molecule is Cn1nc(-c2ccc(Br)o2)c(-c2ccccn2)c1N. The third kappa shape index (κ3) is 2.04. The number of pyridine rings is 1. The number of hydrogen-bond donors (Lipinski definition) is 1. The summed E-state index contributed by atoms with van der Waals surface area (Å²) in [5.74, 6) is 1.21. The van der Waals surface area contributed by atoms with Crippen LogP contribution in [0.15, 0.2) is 45.6 Å². The van der Waals surface area contributed by atoms with Gasteiger partial charge in [-0.05, 0) is 40.2 Å². The molecule has 0 saturated heterocycles. The molecular weight excluding hydrogens is 308 g/mol. The highest BCUT2D eigenvalue weighted by molar-refractivity contribution is 9.10. The van der Waals surface area contributed by atoms with Crippen LogP contribution >= 0.6 is 15.9 Å². The molecule has 6 heteroatoms. The minimum Gasteiger partial charge on any atom is -0.448 e. The van der Waals surface area contributed by atoms with E-state index < -0.39 is 0 Å². The number of anilines is 1. The van der Waals surface area contributed by atoms with Gasteiger partial charge in [0, 0.05) is 13.2 Å². The van der Waals surface area contributed by atoms with E-state index in [1.54, 1.807) is 17.9 Å². The van der Waals surface area contributed by atoms with Gasteiger partial charge in [0.15, 0.2) is 10.4 Å². The van der Waals surface area contributed by atoms with Crippen molar-refractivity contribution in [2.24, 2.45) is 7.05 Å². The van der Waals surface area contributed by atoms with Crippen molar-refractivity contribution in [2.75, 3.05) is 5.73 Å². The van der Waals surface area contributed by atoms with Crippen molar-refractivity contribution in [1.82, 2.24) is 14.8 Å². The highest BCUT2D eigenvalue weighted by Gasteiger charge is 2.20. The van der Waals surface area contributed by atoms with Crippen molar-refractivity contribution >= 4 is 21.7 Å². The molecule has 3 aromatic heterocycles. The Hall–Kier alpha value is -2.08. The zero-order chi connectivity index (χ0) is 13.4. The van der Waals surface area contributed by atoms with Crippen LogP contribution in [0.1, 0.15) is 0 Å². The molecule has 96 valence electrons. The van der Waals surface area contributed by atoms with E-state index in [1.165, 1.54) is 0 Å². The summed E-state index contributed by atoms with van der Waals surface area (Å²) >= 11 is 3.29. The van der Waals surface area contributed by atoms with Gasteiger partial charge in [-0.2, -0.15) is 5.10 Å². The normalized spacial score (nSPS) is 10.8. The Morgan fingerprint density at radius 1 is 1.26 bits per heavy atom. The topological polar surface area (TPSA) is 69.9 Å². The molecule has 0 amide bonds. The molecule has 0 unspecified atom stereocenters. The van der Waals surface area contributed by atoms with Gasteiger partial charge in [0.1, 0.15) is 11.5 Å². The highest BCUT2D eigenvalue weighted by atomic mass is 79.9. The molecule has 0 radical (unpaired) electrons. The lowest BCUT2D eigenvalue weighted by Gasteiger charge is -2.01. The number of rotatable bonds is 2. The molecule has 0 bridgehead atoms. The van der Waals surface area contributed by atoms with E-state index in [1.807, 2.05) is 30.3 Å². The fraction of sp³-hybridized carbons (Fsp3) is 0.0769. The molecule has 3 rings (SSSR count). The average molecular weight is 319 g/mol. The van der Waals surface area contributed by atoms with Gasteiger partial charge in [0.05, 0.1) is 11.3 Å². The zero-order valence-electron chi connectivity index (χ0n) is 10.2. The maximum atomic E-state index is 6.09. The second-order valence-corrected chi connectivity index (χ2v) is 4.83. The lowest BCUT2D eigenvalue weighted by Crippen LogP contribution is -1.98. The van der Waals surface area contributed by atoms with Crippen LogP contribution in [0, 0.1) is 0 Å². The Morgan fingerprint density at radius 2 is 2.11 bits per heavy atom. The smallest absolute Gasteiger partial charge is 0.169 e. The summed E-state index contributed by atoms with van der Waals surface area (Å²) < 4.78 is 7.83. The first-order chi connectivity index (χ1) is 9.16. The van der Waals surface area contributed by atoms with Crippen molar-refractivity contribution < 1.29 is 4.42 Å². The third-order valence-corrected chi connectivity index (χ3v) is 3.25. The van der Waals surface area contributed by atoms with Crippen LogP contribution in [0.3, 0.4) is 0 Å². The molecule has 5 nitrogen and oxygen atoms in total. The number of nitrogens with zero attached hydrogens (tertiary/aromatic N) is 3. The van der Waals surface area contributed by atoms with Crippen molar-refractivity contribution in [2.45, 2.75) is 0 Å². The fourth-order valence-corrected chi connectivity index (χ4v) is 2.22. The van der Waals surface area contributed by atoms with Gasteiger partial charge < -0.3 is 10.2 Å². The summed E-state index contributed by atoms with van der Waals surface area (Å²) in [7, 11) is 1.79. The number of aryl methyl sites for hydroxylation is 1. The van der Waals surface area contributed by atoms with E-state index in [2.05, 4.69) is 26.0 Å².